The van der Waals surface area contributed by atoms with Gasteiger partial charge in [-0.2, -0.15) is 9.67 Å². The molecule has 0 aliphatic carbocycles. The molecule has 4 rings (SSSR count). The van der Waals surface area contributed by atoms with Gasteiger partial charge in [-0.25, -0.2) is 0 Å². The quantitative estimate of drug-likeness (QED) is 0.382. The number of nitrogens with zero attached hydrogens (tertiary/aromatic N) is 3. The molecule has 0 spiro atoms. The van der Waals surface area contributed by atoms with Gasteiger partial charge in [-0.3, -0.25) is 4.79 Å². The predicted octanol–water partition coefficient (Wildman–Crippen LogP) is 4.52. The van der Waals surface area contributed by atoms with Crippen molar-refractivity contribution in [3.05, 3.63) is 95.1 Å². The van der Waals surface area contributed by atoms with Gasteiger partial charge in [-0.1, -0.05) is 42.0 Å². The highest BCUT2D eigenvalue weighted by molar-refractivity contribution is 5.97. The fourth-order valence-corrected chi connectivity index (χ4v) is 3.47. The molecule has 0 saturated carbocycles. The molecule has 0 bridgehead atoms. The lowest BCUT2D eigenvalue weighted by Gasteiger charge is -2.08. The van der Waals surface area contributed by atoms with Crippen LogP contribution in [0.3, 0.4) is 0 Å². The van der Waals surface area contributed by atoms with E-state index in [1.54, 1.807) is 20.3 Å². The second kappa shape index (κ2) is 10.5. The highest BCUT2D eigenvalue weighted by atomic mass is 16.5. The molecule has 3 aromatic carbocycles. The number of benzene rings is 3. The van der Waals surface area contributed by atoms with E-state index in [-0.39, 0.29) is 5.91 Å². The smallest absolute Gasteiger partial charge is 0.281 e. The Morgan fingerprint density at radius 3 is 2.09 bits per heavy atom. The van der Waals surface area contributed by atoms with E-state index in [1.165, 1.54) is 4.68 Å². The van der Waals surface area contributed by atoms with Crippen molar-refractivity contribution >= 4 is 17.8 Å². The van der Waals surface area contributed by atoms with Crippen LogP contribution in [0.2, 0.25) is 0 Å². The summed E-state index contributed by atoms with van der Waals surface area (Å²) in [6.07, 6.45) is 0. The molecule has 0 fully saturated rings. The number of nitrogens with one attached hydrogen (secondary N) is 2. The molecule has 0 atom stereocenters. The van der Waals surface area contributed by atoms with Gasteiger partial charge in [-0.15, -0.1) is 5.10 Å². The van der Waals surface area contributed by atoms with E-state index in [0.29, 0.717) is 30.5 Å². The van der Waals surface area contributed by atoms with Gasteiger partial charge in [0.15, 0.2) is 0 Å². The van der Waals surface area contributed by atoms with E-state index in [4.69, 9.17) is 9.47 Å². The molecule has 34 heavy (non-hydrogen) atoms. The summed E-state index contributed by atoms with van der Waals surface area (Å²) in [6.45, 7) is 2.88. The number of methoxy groups -OCH3 is 2. The van der Waals surface area contributed by atoms with Crippen LogP contribution < -0.4 is 20.1 Å². The first kappa shape index (κ1) is 22.8. The summed E-state index contributed by atoms with van der Waals surface area (Å²) in [5.74, 6) is 1.96. The van der Waals surface area contributed by atoms with Crippen molar-refractivity contribution in [3.8, 4) is 11.5 Å². The molecule has 8 nitrogen and oxygen atoms in total. The van der Waals surface area contributed by atoms with Crippen LogP contribution in [-0.2, 0) is 13.1 Å². The van der Waals surface area contributed by atoms with Crippen LogP contribution in [0, 0.1) is 6.92 Å². The molecular formula is C26H27N5O3. The van der Waals surface area contributed by atoms with Crippen LogP contribution in [0.1, 0.15) is 27.0 Å². The molecular weight excluding hydrogens is 430 g/mol. The minimum Gasteiger partial charge on any atom is -0.497 e. The summed E-state index contributed by atoms with van der Waals surface area (Å²) < 4.78 is 11.9. The van der Waals surface area contributed by atoms with Gasteiger partial charge in [0.25, 0.3) is 5.91 Å². The zero-order valence-electron chi connectivity index (χ0n) is 19.4. The number of rotatable bonds is 9. The van der Waals surface area contributed by atoms with Gasteiger partial charge in [0.1, 0.15) is 11.5 Å². The Balaban J connectivity index is 1.57. The number of hydrogen-bond donors (Lipinski definition) is 2. The summed E-state index contributed by atoms with van der Waals surface area (Å²) in [7, 11) is 3.26. The lowest BCUT2D eigenvalue weighted by atomic mass is 10.1. The summed E-state index contributed by atoms with van der Waals surface area (Å²) in [4.78, 5) is 17.8. The van der Waals surface area contributed by atoms with Crippen LogP contribution in [0.15, 0.2) is 72.8 Å². The summed E-state index contributed by atoms with van der Waals surface area (Å²) in [5, 5.41) is 10.9. The van der Waals surface area contributed by atoms with E-state index in [2.05, 4.69) is 20.7 Å². The maximum atomic E-state index is 13.3. The van der Waals surface area contributed by atoms with Crippen molar-refractivity contribution < 1.29 is 14.3 Å². The first-order valence-corrected chi connectivity index (χ1v) is 10.9. The van der Waals surface area contributed by atoms with Crippen molar-refractivity contribution in [2.24, 2.45) is 0 Å². The van der Waals surface area contributed by atoms with E-state index in [0.717, 1.165) is 28.2 Å². The van der Waals surface area contributed by atoms with Crippen molar-refractivity contribution in [1.29, 1.82) is 0 Å². The highest BCUT2D eigenvalue weighted by Gasteiger charge is 2.18. The Bertz CT molecular complexity index is 1280. The minimum absolute atomic E-state index is 0.265. The van der Waals surface area contributed by atoms with Crippen molar-refractivity contribution in [3.63, 3.8) is 0 Å². The van der Waals surface area contributed by atoms with E-state index >= 15 is 0 Å². The monoisotopic (exact) mass is 457 g/mol. The van der Waals surface area contributed by atoms with Crippen LogP contribution in [0.5, 0.6) is 11.5 Å². The van der Waals surface area contributed by atoms with Gasteiger partial charge in [0.2, 0.25) is 11.9 Å². The zero-order valence-corrected chi connectivity index (χ0v) is 19.4. The average molecular weight is 458 g/mol. The van der Waals surface area contributed by atoms with Gasteiger partial charge >= 0.3 is 0 Å². The first-order chi connectivity index (χ1) is 16.6. The molecule has 1 aromatic heterocycles. The molecule has 0 aliphatic heterocycles. The van der Waals surface area contributed by atoms with Crippen molar-refractivity contribution in [2.75, 3.05) is 24.9 Å². The number of anilines is 2. The predicted molar refractivity (Wildman–Crippen MR) is 132 cm³/mol. The highest BCUT2D eigenvalue weighted by Crippen LogP contribution is 2.18. The molecule has 8 heteroatoms. The standard InChI is InChI=1S/C26H27N5O3/c1-18-7-4-10-21(13-18)24(32)31-26(28-17-20-9-6-12-23(15-20)34-3)29-25(30-31)27-16-19-8-5-11-22(14-19)33-2/h4-15H,16-17H2,1-3H3,(H2,27,28,29,30). The Morgan fingerprint density at radius 2 is 1.47 bits per heavy atom. The van der Waals surface area contributed by atoms with Gasteiger partial charge < -0.3 is 20.1 Å². The average Bonchev–Trinajstić information content (AvgIpc) is 3.29. The number of ether oxygens (including phenoxy) is 2. The second-order valence-corrected chi connectivity index (χ2v) is 7.76. The number of aryl methyl sites for hydroxylation is 1. The fraction of sp³-hybridized carbons (Fsp3) is 0.192. The largest absolute Gasteiger partial charge is 0.497 e. The summed E-state index contributed by atoms with van der Waals surface area (Å²) in [5.41, 5.74) is 3.52. The molecule has 0 amide bonds. The van der Waals surface area contributed by atoms with Gasteiger partial charge in [0, 0.05) is 18.7 Å². The number of aromatic nitrogens is 3. The van der Waals surface area contributed by atoms with E-state index in [1.807, 2.05) is 73.7 Å². The SMILES string of the molecule is COc1cccc(CNc2nc(NCc3cccc(OC)c3)n(C(=O)c3cccc(C)c3)n2)c1. The number of carbonyl (C=O) groups excluding carboxylic acids is 1. The third kappa shape index (κ3) is 5.53. The molecule has 174 valence electrons. The van der Waals surface area contributed by atoms with E-state index < -0.39 is 0 Å². The maximum Gasteiger partial charge on any atom is 0.281 e. The fourth-order valence-electron chi connectivity index (χ4n) is 3.47. The number of carbonyl (C=O) groups is 1. The summed E-state index contributed by atoms with van der Waals surface area (Å²) in [6, 6.07) is 22.8. The van der Waals surface area contributed by atoms with Crippen LogP contribution in [0.25, 0.3) is 0 Å². The minimum atomic E-state index is -0.265. The normalized spacial score (nSPS) is 10.6. The van der Waals surface area contributed by atoms with Crippen LogP contribution >= 0.6 is 0 Å². The summed E-state index contributed by atoms with van der Waals surface area (Å²) >= 11 is 0. The molecule has 0 saturated heterocycles. The third-order valence-corrected chi connectivity index (χ3v) is 5.23. The van der Waals surface area contributed by atoms with Crippen LogP contribution in [-0.4, -0.2) is 34.9 Å². The molecule has 2 N–H and O–H groups in total. The van der Waals surface area contributed by atoms with Crippen molar-refractivity contribution in [1.82, 2.24) is 14.8 Å². The van der Waals surface area contributed by atoms with Crippen molar-refractivity contribution in [2.45, 2.75) is 20.0 Å². The first-order valence-electron chi connectivity index (χ1n) is 10.9. The third-order valence-electron chi connectivity index (χ3n) is 5.23. The lowest BCUT2D eigenvalue weighted by molar-refractivity contribution is 0.0947. The topological polar surface area (TPSA) is 90.3 Å². The Labute approximate surface area is 198 Å². The van der Waals surface area contributed by atoms with E-state index in [9.17, 15) is 4.79 Å². The maximum absolute atomic E-state index is 13.3. The molecule has 0 radical (unpaired) electrons. The van der Waals surface area contributed by atoms with Gasteiger partial charge in [0.05, 0.1) is 14.2 Å². The Morgan fingerprint density at radius 1 is 0.853 bits per heavy atom. The van der Waals surface area contributed by atoms with Gasteiger partial charge in [-0.05, 0) is 54.4 Å². The molecule has 4 aromatic rings. The number of hydrogen-bond acceptors (Lipinski definition) is 7. The molecule has 0 unspecified atom stereocenters. The zero-order chi connectivity index (χ0) is 23.9. The Kier molecular flexibility index (Phi) is 7.07. The Hall–Kier alpha value is -4.33. The second-order valence-electron chi connectivity index (χ2n) is 7.76. The van der Waals surface area contributed by atoms with Crippen LogP contribution in [0.4, 0.5) is 11.9 Å². The molecule has 1 heterocycles. The molecule has 0 aliphatic rings. The lowest BCUT2D eigenvalue weighted by Crippen LogP contribution is -2.17.